The van der Waals surface area contributed by atoms with Crippen molar-refractivity contribution < 1.29 is 9.90 Å². The van der Waals surface area contributed by atoms with Gasteiger partial charge < -0.3 is 16.7 Å². The van der Waals surface area contributed by atoms with Gasteiger partial charge >= 0.3 is 5.97 Å². The highest BCUT2D eigenvalue weighted by Crippen LogP contribution is 2.30. The Hall–Kier alpha value is -1.79. The highest BCUT2D eigenvalue weighted by Gasteiger charge is 2.36. The van der Waals surface area contributed by atoms with E-state index in [0.717, 1.165) is 4.68 Å². The van der Waals surface area contributed by atoms with Crippen LogP contribution in [-0.2, 0) is 11.2 Å². The summed E-state index contributed by atoms with van der Waals surface area (Å²) in [4.78, 5) is 11.3. The Morgan fingerprint density at radius 1 is 1.44 bits per heavy atom. The fraction of sp³-hybridized carbons (Fsp3) is 0.667. The molecule has 1 rings (SSSR count). The summed E-state index contributed by atoms with van der Waals surface area (Å²) in [5, 5.41) is 16.6. The SMILES string of the molecule is CCC(CC)(Cc1nnc(N)n1N)C(=O)O. The number of aliphatic carboxylic acids is 1. The van der Waals surface area contributed by atoms with E-state index in [2.05, 4.69) is 10.2 Å². The molecule has 0 fully saturated rings. The van der Waals surface area contributed by atoms with Gasteiger partial charge in [0.05, 0.1) is 5.41 Å². The fourth-order valence-corrected chi connectivity index (χ4v) is 1.64. The van der Waals surface area contributed by atoms with Crippen LogP contribution in [0, 0.1) is 5.41 Å². The Kier molecular flexibility index (Phi) is 3.36. The van der Waals surface area contributed by atoms with Crippen molar-refractivity contribution in [2.75, 3.05) is 11.6 Å². The molecule has 7 heteroatoms. The lowest BCUT2D eigenvalue weighted by Crippen LogP contribution is -2.34. The number of carboxylic acids is 1. The van der Waals surface area contributed by atoms with Crippen LogP contribution >= 0.6 is 0 Å². The first-order valence-electron chi connectivity index (χ1n) is 5.15. The van der Waals surface area contributed by atoms with Gasteiger partial charge in [-0.25, -0.2) is 4.68 Å². The van der Waals surface area contributed by atoms with Gasteiger partial charge in [-0.3, -0.25) is 4.79 Å². The average Bonchev–Trinajstić information content (AvgIpc) is 2.57. The molecule has 0 aromatic carbocycles. The van der Waals surface area contributed by atoms with Gasteiger partial charge in [-0.2, -0.15) is 0 Å². The molecule has 0 aliphatic rings. The zero-order valence-electron chi connectivity index (χ0n) is 9.47. The van der Waals surface area contributed by atoms with Gasteiger partial charge in [-0.05, 0) is 12.8 Å². The molecule has 0 unspecified atom stereocenters. The minimum absolute atomic E-state index is 0.0847. The molecule has 1 heterocycles. The van der Waals surface area contributed by atoms with Crippen LogP contribution in [-0.4, -0.2) is 25.9 Å². The van der Waals surface area contributed by atoms with E-state index in [1.54, 1.807) is 0 Å². The predicted molar refractivity (Wildman–Crippen MR) is 58.9 cm³/mol. The third kappa shape index (κ3) is 1.93. The third-order valence-electron chi connectivity index (χ3n) is 3.10. The summed E-state index contributed by atoms with van der Waals surface area (Å²) < 4.78 is 1.13. The minimum Gasteiger partial charge on any atom is -0.481 e. The first kappa shape index (κ1) is 12.3. The van der Waals surface area contributed by atoms with Crippen LogP contribution in [0.15, 0.2) is 0 Å². The smallest absolute Gasteiger partial charge is 0.310 e. The van der Waals surface area contributed by atoms with Crippen molar-refractivity contribution in [2.45, 2.75) is 33.1 Å². The largest absolute Gasteiger partial charge is 0.481 e. The topological polar surface area (TPSA) is 120 Å². The van der Waals surface area contributed by atoms with Crippen LogP contribution < -0.4 is 11.6 Å². The van der Waals surface area contributed by atoms with Crippen LogP contribution in [0.2, 0.25) is 0 Å². The summed E-state index contributed by atoms with van der Waals surface area (Å²) in [7, 11) is 0. The summed E-state index contributed by atoms with van der Waals surface area (Å²) in [6.45, 7) is 3.66. The lowest BCUT2D eigenvalue weighted by Gasteiger charge is -2.25. The van der Waals surface area contributed by atoms with Crippen molar-refractivity contribution in [3.05, 3.63) is 5.82 Å². The molecule has 0 saturated carbocycles. The molecule has 1 aromatic heterocycles. The molecule has 0 saturated heterocycles. The van der Waals surface area contributed by atoms with E-state index < -0.39 is 11.4 Å². The lowest BCUT2D eigenvalue weighted by molar-refractivity contribution is -0.149. The van der Waals surface area contributed by atoms with E-state index in [4.69, 9.17) is 11.6 Å². The number of nitrogens with zero attached hydrogens (tertiary/aromatic N) is 3. The Morgan fingerprint density at radius 3 is 2.31 bits per heavy atom. The number of anilines is 1. The van der Waals surface area contributed by atoms with Crippen LogP contribution in [0.25, 0.3) is 0 Å². The van der Waals surface area contributed by atoms with Crippen molar-refractivity contribution in [1.82, 2.24) is 14.9 Å². The standard InChI is InChI=1S/C9H17N5O2/c1-3-9(4-2,7(15)16)5-6-12-13-8(10)14(6)11/h3-5,11H2,1-2H3,(H2,10,13)(H,15,16). The number of nitrogen functional groups attached to an aromatic ring is 2. The summed E-state index contributed by atoms with van der Waals surface area (Å²) in [5.41, 5.74) is 4.58. The maximum absolute atomic E-state index is 11.3. The average molecular weight is 227 g/mol. The molecule has 0 bridgehead atoms. The number of hydrogen-bond donors (Lipinski definition) is 3. The molecule has 5 N–H and O–H groups in total. The molecular weight excluding hydrogens is 210 g/mol. The molecule has 0 aliphatic carbocycles. The Morgan fingerprint density at radius 2 is 2.00 bits per heavy atom. The van der Waals surface area contributed by atoms with Crippen molar-refractivity contribution in [3.63, 3.8) is 0 Å². The van der Waals surface area contributed by atoms with Gasteiger partial charge in [0.15, 0.2) is 5.82 Å². The summed E-state index contributed by atoms with van der Waals surface area (Å²) in [5.74, 6) is 5.22. The number of carbonyl (C=O) groups is 1. The van der Waals surface area contributed by atoms with E-state index in [9.17, 15) is 9.90 Å². The molecule has 7 nitrogen and oxygen atoms in total. The second-order valence-electron chi connectivity index (χ2n) is 3.81. The van der Waals surface area contributed by atoms with Crippen LogP contribution in [0.1, 0.15) is 32.5 Å². The van der Waals surface area contributed by atoms with Crippen molar-refractivity contribution in [1.29, 1.82) is 0 Å². The third-order valence-corrected chi connectivity index (χ3v) is 3.10. The van der Waals surface area contributed by atoms with Gasteiger partial charge in [0, 0.05) is 6.42 Å². The number of nitrogens with two attached hydrogens (primary N) is 2. The maximum atomic E-state index is 11.3. The lowest BCUT2D eigenvalue weighted by atomic mass is 9.79. The molecule has 0 amide bonds. The van der Waals surface area contributed by atoms with Crippen molar-refractivity contribution in [3.8, 4) is 0 Å². The minimum atomic E-state index is -0.851. The van der Waals surface area contributed by atoms with Crippen LogP contribution in [0.4, 0.5) is 5.95 Å². The molecule has 90 valence electrons. The highest BCUT2D eigenvalue weighted by atomic mass is 16.4. The maximum Gasteiger partial charge on any atom is 0.310 e. The van der Waals surface area contributed by atoms with E-state index in [1.165, 1.54) is 0 Å². The number of aromatic nitrogens is 3. The zero-order valence-corrected chi connectivity index (χ0v) is 9.47. The summed E-state index contributed by atoms with van der Waals surface area (Å²) >= 11 is 0. The van der Waals surface area contributed by atoms with Crippen LogP contribution in [0.3, 0.4) is 0 Å². The second kappa shape index (κ2) is 4.38. The molecule has 1 aromatic rings. The first-order valence-corrected chi connectivity index (χ1v) is 5.15. The summed E-state index contributed by atoms with van der Waals surface area (Å²) in [6.07, 6.45) is 1.24. The van der Waals surface area contributed by atoms with Gasteiger partial charge in [0.25, 0.3) is 0 Å². The number of rotatable bonds is 5. The van der Waals surface area contributed by atoms with E-state index in [1.807, 2.05) is 13.8 Å². The van der Waals surface area contributed by atoms with Gasteiger partial charge in [0.2, 0.25) is 5.95 Å². The van der Waals surface area contributed by atoms with Crippen molar-refractivity contribution in [2.24, 2.45) is 5.41 Å². The molecular formula is C9H17N5O2. The molecule has 0 radical (unpaired) electrons. The van der Waals surface area contributed by atoms with Gasteiger partial charge in [-0.1, -0.05) is 13.8 Å². The molecule has 0 aliphatic heterocycles. The van der Waals surface area contributed by atoms with E-state index in [-0.39, 0.29) is 12.4 Å². The number of hydrogen-bond acceptors (Lipinski definition) is 5. The quantitative estimate of drug-likeness (QED) is 0.609. The van der Waals surface area contributed by atoms with E-state index in [0.29, 0.717) is 18.7 Å². The summed E-state index contributed by atoms with van der Waals surface area (Å²) in [6, 6.07) is 0. The normalized spacial score (nSPS) is 11.6. The molecule has 0 spiro atoms. The number of carboxylic acid groups (broad SMARTS) is 1. The monoisotopic (exact) mass is 227 g/mol. The predicted octanol–water partition coefficient (Wildman–Crippen LogP) is 0.00760. The van der Waals surface area contributed by atoms with Gasteiger partial charge in [-0.15, -0.1) is 10.2 Å². The van der Waals surface area contributed by atoms with Crippen molar-refractivity contribution >= 4 is 11.9 Å². The first-order chi connectivity index (χ1) is 7.46. The second-order valence-corrected chi connectivity index (χ2v) is 3.81. The van der Waals surface area contributed by atoms with Gasteiger partial charge in [0.1, 0.15) is 0 Å². The Balaban J connectivity index is 3.01. The van der Waals surface area contributed by atoms with Crippen LogP contribution in [0.5, 0.6) is 0 Å². The molecule has 0 atom stereocenters. The van der Waals surface area contributed by atoms with E-state index >= 15 is 0 Å². The molecule has 16 heavy (non-hydrogen) atoms. The highest BCUT2D eigenvalue weighted by molar-refractivity contribution is 5.74. The Bertz CT molecular complexity index is 383. The fourth-order valence-electron chi connectivity index (χ4n) is 1.64. The zero-order chi connectivity index (χ0) is 12.3. The Labute approximate surface area is 93.4 Å².